The van der Waals surface area contributed by atoms with E-state index in [4.69, 9.17) is 5.11 Å². The average molecular weight is 303 g/mol. The molecular formula is C10H8O4SSe. The second-order valence-electron chi connectivity index (χ2n) is 3.12. The molecule has 0 spiro atoms. The summed E-state index contributed by atoms with van der Waals surface area (Å²) in [5.41, 5.74) is 0. The maximum absolute atomic E-state index is 12.0. The standard InChI is InChI=1S/C10H8O4SSe/c11-7-1-3-8(4-2-7)15(13,14)9-5-10(12)16-6-9/h1-6,11-12H. The molecule has 84 valence electrons. The first-order chi connectivity index (χ1) is 7.50. The van der Waals surface area contributed by atoms with Crippen molar-refractivity contribution >= 4 is 24.3 Å². The zero-order valence-electron chi connectivity index (χ0n) is 7.99. The van der Waals surface area contributed by atoms with Crippen LogP contribution in [0, 0.1) is 0 Å². The van der Waals surface area contributed by atoms with E-state index in [1.54, 1.807) is 0 Å². The summed E-state index contributed by atoms with van der Waals surface area (Å²) in [6, 6.07) is 6.57. The van der Waals surface area contributed by atoms with Crippen LogP contribution >= 0.6 is 0 Å². The van der Waals surface area contributed by atoms with Crippen LogP contribution in [-0.2, 0) is 9.84 Å². The van der Waals surface area contributed by atoms with Crippen molar-refractivity contribution in [1.82, 2.24) is 0 Å². The Bertz CT molecular complexity index is 598. The van der Waals surface area contributed by atoms with Crippen molar-refractivity contribution in [2.45, 2.75) is 9.79 Å². The van der Waals surface area contributed by atoms with Crippen LogP contribution in [0.2, 0.25) is 0 Å². The van der Waals surface area contributed by atoms with Gasteiger partial charge in [-0.2, -0.15) is 0 Å². The van der Waals surface area contributed by atoms with Gasteiger partial charge in [0.05, 0.1) is 0 Å². The molecule has 2 aromatic rings. The maximum atomic E-state index is 12.0. The summed E-state index contributed by atoms with van der Waals surface area (Å²) in [6.07, 6.45) is 0. The van der Waals surface area contributed by atoms with Gasteiger partial charge in [0, 0.05) is 0 Å². The predicted octanol–water partition coefficient (Wildman–Crippen LogP) is 0.988. The molecule has 0 saturated carbocycles. The quantitative estimate of drug-likeness (QED) is 0.811. The normalized spacial score (nSPS) is 11.5. The Hall–Kier alpha value is -1.23. The van der Waals surface area contributed by atoms with Crippen LogP contribution in [0.15, 0.2) is 45.1 Å². The fourth-order valence-corrected chi connectivity index (χ4v) is 4.64. The third-order valence-electron chi connectivity index (χ3n) is 2.02. The summed E-state index contributed by atoms with van der Waals surface area (Å²) in [5, 5.41) is 18.3. The first-order valence-corrected chi connectivity index (χ1v) is 7.64. The van der Waals surface area contributed by atoms with E-state index in [0.29, 0.717) is 0 Å². The molecule has 1 heterocycles. The second-order valence-corrected chi connectivity index (χ2v) is 6.93. The van der Waals surface area contributed by atoms with Crippen molar-refractivity contribution in [3.05, 3.63) is 35.3 Å². The Morgan fingerprint density at radius 3 is 2.12 bits per heavy atom. The number of aromatic hydroxyl groups is 2. The molecule has 0 radical (unpaired) electrons. The van der Waals surface area contributed by atoms with Crippen molar-refractivity contribution in [2.24, 2.45) is 0 Å². The van der Waals surface area contributed by atoms with Gasteiger partial charge in [0.2, 0.25) is 0 Å². The molecular weight excluding hydrogens is 295 g/mol. The Labute approximate surface area is 98.5 Å². The molecule has 6 heteroatoms. The minimum atomic E-state index is -3.56. The third kappa shape index (κ3) is 2.00. The summed E-state index contributed by atoms with van der Waals surface area (Å²) < 4.78 is 24.1. The van der Waals surface area contributed by atoms with E-state index >= 15 is 0 Å². The van der Waals surface area contributed by atoms with E-state index in [0.717, 1.165) is 0 Å². The molecule has 1 aromatic heterocycles. The number of rotatable bonds is 2. The summed E-state index contributed by atoms with van der Waals surface area (Å²) >= 11 is -0.292. The number of benzene rings is 1. The molecule has 0 aliphatic heterocycles. The Morgan fingerprint density at radius 2 is 1.62 bits per heavy atom. The Morgan fingerprint density at radius 1 is 1.00 bits per heavy atom. The van der Waals surface area contributed by atoms with Crippen LogP contribution in [0.25, 0.3) is 0 Å². The van der Waals surface area contributed by atoms with Gasteiger partial charge in [0.1, 0.15) is 0 Å². The summed E-state index contributed by atoms with van der Waals surface area (Å²) in [4.78, 5) is 1.75. The van der Waals surface area contributed by atoms with E-state index < -0.39 is 9.84 Å². The second kappa shape index (κ2) is 3.97. The van der Waals surface area contributed by atoms with Gasteiger partial charge >= 0.3 is 98.4 Å². The van der Waals surface area contributed by atoms with Crippen LogP contribution < -0.4 is 0 Å². The number of hydrogen-bond donors (Lipinski definition) is 2. The first-order valence-electron chi connectivity index (χ1n) is 4.32. The fraction of sp³-hybridized carbons (Fsp3) is 0. The molecule has 16 heavy (non-hydrogen) atoms. The zero-order chi connectivity index (χ0) is 11.8. The summed E-state index contributed by atoms with van der Waals surface area (Å²) in [7, 11) is -3.56. The molecule has 2 N–H and O–H groups in total. The van der Waals surface area contributed by atoms with Gasteiger partial charge in [-0.05, 0) is 0 Å². The number of phenols is 1. The summed E-state index contributed by atoms with van der Waals surface area (Å²) in [6.45, 7) is 0. The topological polar surface area (TPSA) is 74.6 Å². The van der Waals surface area contributed by atoms with Gasteiger partial charge in [0.15, 0.2) is 0 Å². The predicted molar refractivity (Wildman–Crippen MR) is 58.6 cm³/mol. The van der Waals surface area contributed by atoms with Crippen molar-refractivity contribution in [2.75, 3.05) is 0 Å². The molecule has 0 aliphatic rings. The molecule has 0 fully saturated rings. The van der Waals surface area contributed by atoms with Crippen LogP contribution in [0.4, 0.5) is 0 Å². The number of phenolic OH excluding ortho intramolecular Hbond substituents is 1. The first kappa shape index (κ1) is 11.3. The van der Waals surface area contributed by atoms with Gasteiger partial charge in [-0.1, -0.05) is 0 Å². The molecule has 0 saturated heterocycles. The van der Waals surface area contributed by atoms with Gasteiger partial charge in [-0.3, -0.25) is 0 Å². The molecule has 4 nitrogen and oxygen atoms in total. The van der Waals surface area contributed by atoms with Gasteiger partial charge < -0.3 is 0 Å². The van der Waals surface area contributed by atoms with Crippen molar-refractivity contribution in [1.29, 1.82) is 0 Å². The van der Waals surface area contributed by atoms with Crippen LogP contribution in [0.1, 0.15) is 0 Å². The minimum absolute atomic E-state index is 0.0157. The molecule has 0 atom stereocenters. The van der Waals surface area contributed by atoms with Crippen LogP contribution in [0.3, 0.4) is 0 Å². The average Bonchev–Trinajstić information content (AvgIpc) is 2.66. The Balaban J connectivity index is 2.51. The molecule has 0 bridgehead atoms. The molecule has 2 rings (SSSR count). The van der Waals surface area contributed by atoms with Crippen LogP contribution in [-0.4, -0.2) is 33.1 Å². The van der Waals surface area contributed by atoms with Gasteiger partial charge in [-0.25, -0.2) is 0 Å². The monoisotopic (exact) mass is 304 g/mol. The third-order valence-corrected chi connectivity index (χ3v) is 5.64. The van der Waals surface area contributed by atoms with Crippen molar-refractivity contribution in [3.63, 3.8) is 0 Å². The van der Waals surface area contributed by atoms with E-state index in [2.05, 4.69) is 0 Å². The fourth-order valence-electron chi connectivity index (χ4n) is 1.21. The molecule has 1 aromatic carbocycles. The Kier molecular flexibility index (Phi) is 2.80. The summed E-state index contributed by atoms with van der Waals surface area (Å²) in [5.74, 6) is 0.0157. The number of hydrogen-bond acceptors (Lipinski definition) is 4. The number of sulfone groups is 1. The van der Waals surface area contributed by atoms with Crippen LogP contribution in [0.5, 0.6) is 10.4 Å². The van der Waals surface area contributed by atoms with Crippen molar-refractivity contribution < 1.29 is 18.6 Å². The van der Waals surface area contributed by atoms with E-state index in [1.807, 2.05) is 0 Å². The molecule has 0 amide bonds. The van der Waals surface area contributed by atoms with E-state index in [1.165, 1.54) is 35.3 Å². The van der Waals surface area contributed by atoms with Crippen molar-refractivity contribution in [3.8, 4) is 10.4 Å². The molecule has 0 unspecified atom stereocenters. The van der Waals surface area contributed by atoms with Gasteiger partial charge in [-0.15, -0.1) is 0 Å². The molecule has 0 aliphatic carbocycles. The zero-order valence-corrected chi connectivity index (χ0v) is 10.5. The van der Waals surface area contributed by atoms with Gasteiger partial charge in [0.25, 0.3) is 0 Å². The SMILES string of the molecule is O=S(=O)(c1ccc(O)cc1)c1c[se]c(O)c1. The van der Waals surface area contributed by atoms with E-state index in [-0.39, 0.29) is 34.7 Å². The van der Waals surface area contributed by atoms with E-state index in [9.17, 15) is 13.5 Å².